The number of nitrogens with zero attached hydrogens (tertiary/aromatic N) is 1. The van der Waals surface area contributed by atoms with Crippen LogP contribution >= 0.6 is 11.6 Å². The van der Waals surface area contributed by atoms with E-state index in [1.807, 2.05) is 30.3 Å². The van der Waals surface area contributed by atoms with E-state index >= 15 is 0 Å². The fourth-order valence-corrected chi connectivity index (χ4v) is 3.18. The van der Waals surface area contributed by atoms with Gasteiger partial charge in [-0.25, -0.2) is 0 Å². The Bertz CT molecular complexity index is 645. The van der Waals surface area contributed by atoms with E-state index in [2.05, 4.69) is 22.3 Å². The van der Waals surface area contributed by atoms with E-state index < -0.39 is 0 Å². The fraction of sp³-hybridized carbons (Fsp3) is 0.278. The number of rotatable bonds is 4. The van der Waals surface area contributed by atoms with Gasteiger partial charge in [-0.15, -0.1) is 0 Å². The van der Waals surface area contributed by atoms with Gasteiger partial charge in [-0.05, 0) is 37.1 Å². The minimum absolute atomic E-state index is 0.106. The molecule has 0 spiro atoms. The molecular formula is C18H19ClN2O. The molecule has 1 unspecified atom stereocenters. The van der Waals surface area contributed by atoms with Crippen LogP contribution in [-0.4, -0.2) is 25.0 Å². The van der Waals surface area contributed by atoms with Crippen LogP contribution in [0.25, 0.3) is 0 Å². The predicted octanol–water partition coefficient (Wildman–Crippen LogP) is 3.74. The summed E-state index contributed by atoms with van der Waals surface area (Å²) in [5.74, 6) is -0.106. The van der Waals surface area contributed by atoms with Crippen molar-refractivity contribution in [2.75, 3.05) is 18.0 Å². The lowest BCUT2D eigenvalue weighted by atomic mass is 10.1. The molecule has 0 saturated carbocycles. The van der Waals surface area contributed by atoms with Crippen LogP contribution in [0.4, 0.5) is 5.69 Å². The van der Waals surface area contributed by atoms with Gasteiger partial charge in [0.15, 0.2) is 0 Å². The molecule has 1 N–H and O–H groups in total. The number of amides is 1. The lowest BCUT2D eigenvalue weighted by Gasteiger charge is -2.27. The third-order valence-corrected chi connectivity index (χ3v) is 4.41. The van der Waals surface area contributed by atoms with E-state index in [-0.39, 0.29) is 5.91 Å². The van der Waals surface area contributed by atoms with Crippen molar-refractivity contribution in [2.45, 2.75) is 18.9 Å². The standard InChI is InChI=1S/C18H19ClN2O/c19-17-11-5-4-10-16(17)18(22)20-13-15-9-6-12-21(15)14-7-2-1-3-8-14/h1-5,7-8,10-11,15H,6,9,12-13H2,(H,20,22). The summed E-state index contributed by atoms with van der Waals surface area (Å²) in [6, 6.07) is 17.8. The molecule has 0 aliphatic carbocycles. The Hall–Kier alpha value is -2.00. The van der Waals surface area contributed by atoms with E-state index in [0.29, 0.717) is 23.2 Å². The largest absolute Gasteiger partial charge is 0.367 e. The van der Waals surface area contributed by atoms with Gasteiger partial charge in [-0.3, -0.25) is 4.79 Å². The van der Waals surface area contributed by atoms with Crippen LogP contribution in [0.5, 0.6) is 0 Å². The molecule has 0 radical (unpaired) electrons. The molecule has 1 atom stereocenters. The van der Waals surface area contributed by atoms with Gasteiger partial charge in [-0.2, -0.15) is 0 Å². The van der Waals surface area contributed by atoms with E-state index in [0.717, 1.165) is 19.4 Å². The number of hydrogen-bond acceptors (Lipinski definition) is 2. The Kier molecular flexibility index (Phi) is 4.64. The Balaban J connectivity index is 1.64. The van der Waals surface area contributed by atoms with Gasteiger partial charge < -0.3 is 10.2 Å². The van der Waals surface area contributed by atoms with Gasteiger partial charge in [0.1, 0.15) is 0 Å². The summed E-state index contributed by atoms with van der Waals surface area (Å²) in [5, 5.41) is 3.51. The highest BCUT2D eigenvalue weighted by atomic mass is 35.5. The zero-order valence-electron chi connectivity index (χ0n) is 12.3. The van der Waals surface area contributed by atoms with Crippen LogP contribution in [0, 0.1) is 0 Å². The maximum absolute atomic E-state index is 12.3. The zero-order valence-corrected chi connectivity index (χ0v) is 13.1. The van der Waals surface area contributed by atoms with Gasteiger partial charge in [0.05, 0.1) is 10.6 Å². The number of para-hydroxylation sites is 1. The molecule has 1 amide bonds. The molecule has 0 bridgehead atoms. The second kappa shape index (κ2) is 6.84. The molecule has 3 rings (SSSR count). The van der Waals surface area contributed by atoms with Crippen LogP contribution in [0.3, 0.4) is 0 Å². The SMILES string of the molecule is O=C(NCC1CCCN1c1ccccc1)c1ccccc1Cl. The van der Waals surface area contributed by atoms with Gasteiger partial charge >= 0.3 is 0 Å². The second-order valence-corrected chi connectivity index (χ2v) is 5.92. The highest BCUT2D eigenvalue weighted by Gasteiger charge is 2.25. The number of hydrogen-bond donors (Lipinski definition) is 1. The summed E-state index contributed by atoms with van der Waals surface area (Å²) in [6.07, 6.45) is 2.25. The monoisotopic (exact) mass is 314 g/mol. The molecule has 3 nitrogen and oxygen atoms in total. The molecule has 1 heterocycles. The number of carbonyl (C=O) groups is 1. The molecule has 1 fully saturated rings. The number of nitrogens with one attached hydrogen (secondary N) is 1. The topological polar surface area (TPSA) is 32.3 Å². The maximum Gasteiger partial charge on any atom is 0.252 e. The van der Waals surface area contributed by atoms with E-state index in [1.54, 1.807) is 12.1 Å². The molecular weight excluding hydrogens is 296 g/mol. The molecule has 1 aliphatic rings. The van der Waals surface area contributed by atoms with Gasteiger partial charge in [0.2, 0.25) is 0 Å². The molecule has 114 valence electrons. The summed E-state index contributed by atoms with van der Waals surface area (Å²) >= 11 is 6.07. The van der Waals surface area contributed by atoms with Crippen LogP contribution in [-0.2, 0) is 0 Å². The van der Waals surface area contributed by atoms with Crippen molar-refractivity contribution in [3.8, 4) is 0 Å². The van der Waals surface area contributed by atoms with E-state index in [9.17, 15) is 4.79 Å². The number of carbonyl (C=O) groups excluding carboxylic acids is 1. The fourth-order valence-electron chi connectivity index (χ4n) is 2.96. The third-order valence-electron chi connectivity index (χ3n) is 4.08. The lowest BCUT2D eigenvalue weighted by Crippen LogP contribution is -2.40. The molecule has 2 aromatic rings. The third kappa shape index (κ3) is 3.25. The molecule has 0 aromatic heterocycles. The molecule has 4 heteroatoms. The number of halogens is 1. The number of anilines is 1. The summed E-state index contributed by atoms with van der Waals surface area (Å²) in [5.41, 5.74) is 1.76. The summed E-state index contributed by atoms with van der Waals surface area (Å²) in [6.45, 7) is 1.68. The van der Waals surface area contributed by atoms with Crippen molar-refractivity contribution >= 4 is 23.2 Å². The normalized spacial score (nSPS) is 17.5. The highest BCUT2D eigenvalue weighted by Crippen LogP contribution is 2.25. The Morgan fingerprint density at radius 3 is 2.64 bits per heavy atom. The minimum Gasteiger partial charge on any atom is -0.367 e. The molecule has 2 aromatic carbocycles. The average Bonchev–Trinajstić information content (AvgIpc) is 3.02. The quantitative estimate of drug-likeness (QED) is 0.932. The highest BCUT2D eigenvalue weighted by molar-refractivity contribution is 6.33. The van der Waals surface area contributed by atoms with Crippen LogP contribution in [0.2, 0.25) is 5.02 Å². The maximum atomic E-state index is 12.3. The first kappa shape index (κ1) is 14.9. The molecule has 1 aliphatic heterocycles. The van der Waals surface area contributed by atoms with Crippen molar-refractivity contribution in [2.24, 2.45) is 0 Å². The van der Waals surface area contributed by atoms with Gasteiger partial charge in [0.25, 0.3) is 5.91 Å². The Morgan fingerprint density at radius 2 is 1.86 bits per heavy atom. The van der Waals surface area contributed by atoms with Gasteiger partial charge in [-0.1, -0.05) is 41.9 Å². The first-order valence-corrected chi connectivity index (χ1v) is 7.98. The first-order valence-electron chi connectivity index (χ1n) is 7.60. The molecule has 1 saturated heterocycles. The van der Waals surface area contributed by atoms with E-state index in [4.69, 9.17) is 11.6 Å². The van der Waals surface area contributed by atoms with Crippen LogP contribution in [0.15, 0.2) is 54.6 Å². The van der Waals surface area contributed by atoms with Crippen LogP contribution < -0.4 is 10.2 Å². The Morgan fingerprint density at radius 1 is 1.14 bits per heavy atom. The van der Waals surface area contributed by atoms with E-state index in [1.165, 1.54) is 5.69 Å². The van der Waals surface area contributed by atoms with Crippen molar-refractivity contribution in [1.82, 2.24) is 5.32 Å². The molecule has 22 heavy (non-hydrogen) atoms. The first-order chi connectivity index (χ1) is 10.8. The van der Waals surface area contributed by atoms with Crippen LogP contribution in [0.1, 0.15) is 23.2 Å². The Labute approximate surface area is 135 Å². The zero-order chi connectivity index (χ0) is 15.4. The van der Waals surface area contributed by atoms with Gasteiger partial charge in [0, 0.05) is 24.8 Å². The lowest BCUT2D eigenvalue weighted by molar-refractivity contribution is 0.0951. The van der Waals surface area contributed by atoms with Crippen molar-refractivity contribution in [3.63, 3.8) is 0 Å². The smallest absolute Gasteiger partial charge is 0.252 e. The minimum atomic E-state index is -0.106. The van der Waals surface area contributed by atoms with Crippen molar-refractivity contribution < 1.29 is 4.79 Å². The second-order valence-electron chi connectivity index (χ2n) is 5.51. The summed E-state index contributed by atoms with van der Waals surface area (Å²) < 4.78 is 0. The average molecular weight is 315 g/mol. The summed E-state index contributed by atoms with van der Waals surface area (Å²) in [4.78, 5) is 14.6. The number of benzene rings is 2. The van der Waals surface area contributed by atoms with Crippen molar-refractivity contribution in [3.05, 3.63) is 65.2 Å². The van der Waals surface area contributed by atoms with Crippen molar-refractivity contribution in [1.29, 1.82) is 0 Å². The predicted molar refractivity (Wildman–Crippen MR) is 90.6 cm³/mol. The summed E-state index contributed by atoms with van der Waals surface area (Å²) in [7, 11) is 0.